The zero-order valence-corrected chi connectivity index (χ0v) is 26.6. The Morgan fingerprint density at radius 1 is 1.00 bits per heavy atom. The van der Waals surface area contributed by atoms with E-state index in [0.29, 0.717) is 27.3 Å². The van der Waals surface area contributed by atoms with Crippen LogP contribution in [0.3, 0.4) is 0 Å². The summed E-state index contributed by atoms with van der Waals surface area (Å²) in [4.78, 5) is 48.6. The molecule has 2 aromatic carbocycles. The van der Waals surface area contributed by atoms with Crippen molar-refractivity contribution in [3.8, 4) is 17.2 Å². The van der Waals surface area contributed by atoms with Gasteiger partial charge in [-0.25, -0.2) is 14.4 Å². The molecule has 16 heteroatoms. The summed E-state index contributed by atoms with van der Waals surface area (Å²) in [6, 6.07) is 6.89. The molecule has 0 bridgehead atoms. The van der Waals surface area contributed by atoms with Gasteiger partial charge < -0.3 is 55.3 Å². The summed E-state index contributed by atoms with van der Waals surface area (Å²) in [5.41, 5.74) is 1.83. The Morgan fingerprint density at radius 2 is 1.72 bits per heavy atom. The number of Topliss-reactive ketones (excluding diaryl/α,β-unsaturated/α-hetero) is 1. The molecule has 0 aromatic heterocycles. The molecule has 50 heavy (non-hydrogen) atoms. The minimum atomic E-state index is -1.82. The number of benzene rings is 2. The number of aromatic hydroxyl groups is 2. The lowest BCUT2D eigenvalue weighted by Gasteiger charge is -2.39. The fraction of sp³-hybridized carbons (Fsp3) is 0.353. The lowest BCUT2D eigenvalue weighted by Crippen LogP contribution is -3.11. The molecule has 0 spiro atoms. The van der Waals surface area contributed by atoms with E-state index in [1.807, 2.05) is 0 Å². The van der Waals surface area contributed by atoms with Crippen molar-refractivity contribution in [2.75, 3.05) is 13.2 Å². The van der Waals surface area contributed by atoms with Gasteiger partial charge in [0.1, 0.15) is 54.7 Å². The molecule has 0 radical (unpaired) electrons. The van der Waals surface area contributed by atoms with Crippen LogP contribution in [0.15, 0.2) is 65.9 Å². The first-order valence-electron chi connectivity index (χ1n) is 15.6. The summed E-state index contributed by atoms with van der Waals surface area (Å²) in [6.45, 7) is 0.834. The molecule has 0 saturated carbocycles. The number of quaternary nitrogens is 1. The van der Waals surface area contributed by atoms with Gasteiger partial charge in [-0.2, -0.15) is 0 Å². The highest BCUT2D eigenvalue weighted by Crippen LogP contribution is 2.36. The maximum absolute atomic E-state index is 12.3. The Morgan fingerprint density at radius 3 is 2.38 bits per heavy atom. The summed E-state index contributed by atoms with van der Waals surface area (Å²) in [5, 5.41) is 74.0. The number of hydrogen-bond acceptors (Lipinski definition) is 13. The molecule has 1 fully saturated rings. The third-order valence-corrected chi connectivity index (χ3v) is 8.68. The van der Waals surface area contributed by atoms with E-state index in [-0.39, 0.29) is 42.4 Å². The monoisotopic (exact) mass is 697 g/mol. The van der Waals surface area contributed by atoms with Gasteiger partial charge in [-0.15, -0.1) is 0 Å². The molecular weight excluding hydrogens is 660 g/mol. The van der Waals surface area contributed by atoms with Crippen molar-refractivity contribution in [2.24, 2.45) is 0 Å². The number of hydrogen-bond donors (Lipinski definition) is 9. The Balaban J connectivity index is 1.32. The van der Waals surface area contributed by atoms with Crippen molar-refractivity contribution in [1.82, 2.24) is 5.32 Å². The van der Waals surface area contributed by atoms with Crippen LogP contribution in [0.4, 0.5) is 5.69 Å². The number of carboxylic acids is 2. The number of ether oxygens (including phenoxy) is 3. The number of nitrogens with one attached hydrogen (secondary N) is 2. The fourth-order valence-corrected chi connectivity index (χ4v) is 5.94. The van der Waals surface area contributed by atoms with Gasteiger partial charge in [0.25, 0.3) is 0 Å². The number of rotatable bonds is 11. The number of phenolic OH excluding ortho intramolecular Hbond substituents is 2. The molecule has 0 aliphatic carbocycles. The minimum absolute atomic E-state index is 0.0347. The van der Waals surface area contributed by atoms with Crippen LogP contribution < -0.4 is 15.0 Å². The number of aliphatic hydroxyl groups excluding tert-OH is 3. The average Bonchev–Trinajstić information content (AvgIpc) is 3.43. The Kier molecular flexibility index (Phi) is 10.9. The van der Waals surface area contributed by atoms with E-state index in [9.17, 15) is 54.9 Å². The van der Waals surface area contributed by atoms with Crippen molar-refractivity contribution in [1.29, 1.82) is 0 Å². The quantitative estimate of drug-likeness (QED) is 0.0769. The van der Waals surface area contributed by atoms with Crippen molar-refractivity contribution in [3.05, 3.63) is 77.0 Å². The predicted molar refractivity (Wildman–Crippen MR) is 170 cm³/mol. The summed E-state index contributed by atoms with van der Waals surface area (Å²) >= 11 is 0. The lowest BCUT2D eigenvalue weighted by molar-refractivity contribution is -0.838. The number of aliphatic hydroxyl groups is 3. The lowest BCUT2D eigenvalue weighted by atomic mass is 9.97. The number of carbonyl (C=O) groups is 4. The van der Waals surface area contributed by atoms with Gasteiger partial charge in [0.15, 0.2) is 23.3 Å². The van der Waals surface area contributed by atoms with Gasteiger partial charge in [0, 0.05) is 24.1 Å². The maximum atomic E-state index is 12.3. The van der Waals surface area contributed by atoms with Crippen LogP contribution in [0.2, 0.25) is 0 Å². The number of carboxylic acid groups (broad SMARTS) is 2. The van der Waals surface area contributed by atoms with Crippen LogP contribution in [-0.2, 0) is 35.1 Å². The third-order valence-electron chi connectivity index (χ3n) is 8.68. The number of carbonyl (C=O) groups excluding carboxylic acids is 2. The van der Waals surface area contributed by atoms with Gasteiger partial charge >= 0.3 is 17.9 Å². The topological polar surface area (TPSA) is 254 Å². The van der Waals surface area contributed by atoms with Crippen molar-refractivity contribution in [2.45, 2.75) is 62.6 Å². The van der Waals surface area contributed by atoms with Crippen LogP contribution >= 0.6 is 0 Å². The molecule has 1 saturated heterocycles. The molecule has 3 aliphatic rings. The highest BCUT2D eigenvalue weighted by Gasteiger charge is 2.46. The molecule has 3 aliphatic heterocycles. The van der Waals surface area contributed by atoms with Crippen LogP contribution in [0.1, 0.15) is 24.5 Å². The summed E-state index contributed by atoms with van der Waals surface area (Å²) < 4.78 is 16.5. The molecule has 8 atom stereocenters. The largest absolute Gasteiger partial charge is 0.508 e. The number of phenols is 2. The number of esters is 1. The summed E-state index contributed by atoms with van der Waals surface area (Å²) in [5.74, 6) is -4.10. The number of aliphatic carboxylic acids is 2. The maximum Gasteiger partial charge on any atom is 0.363 e. The minimum Gasteiger partial charge on any atom is -0.508 e. The second kappa shape index (κ2) is 15.1. The predicted octanol–water partition coefficient (Wildman–Crippen LogP) is -1.09. The highest BCUT2D eigenvalue weighted by molar-refractivity contribution is 5.90. The first kappa shape index (κ1) is 36.0. The Bertz CT molecular complexity index is 1740. The number of fused-ring (bicyclic) bond motifs is 1. The van der Waals surface area contributed by atoms with Crippen LogP contribution in [0.5, 0.6) is 17.2 Å². The summed E-state index contributed by atoms with van der Waals surface area (Å²) in [6.07, 6.45) is -2.58. The van der Waals surface area contributed by atoms with E-state index in [2.05, 4.69) is 5.32 Å². The molecule has 8 unspecified atom stereocenters. The van der Waals surface area contributed by atoms with Crippen molar-refractivity contribution < 1.29 is 74.0 Å². The first-order chi connectivity index (χ1) is 23.7. The van der Waals surface area contributed by atoms with Gasteiger partial charge in [0.2, 0.25) is 6.29 Å². The third kappa shape index (κ3) is 8.12. The van der Waals surface area contributed by atoms with Gasteiger partial charge in [-0.3, -0.25) is 9.69 Å². The van der Waals surface area contributed by atoms with Gasteiger partial charge in [-0.1, -0.05) is 12.1 Å². The molecule has 5 rings (SSSR count). The zero-order valence-electron chi connectivity index (χ0n) is 26.6. The second-order valence-electron chi connectivity index (χ2n) is 12.1. The van der Waals surface area contributed by atoms with E-state index < -0.39 is 73.1 Å². The SMILES string of the molecule is CC(=O)C1CC(=CC[NH+]2c3cc(OC4OC(COC(=O)C=Cc5ccc(O)cc5)C(O)C(O)C4O)c(O)cc3CC2C(=O)O)C=C(C(=O)O)N1. The molecule has 16 nitrogen and oxygen atoms in total. The Hall–Kier alpha value is -5.26. The number of allylic oxidation sites excluding steroid dienone is 1. The zero-order chi connectivity index (χ0) is 36.3. The van der Waals surface area contributed by atoms with Crippen molar-refractivity contribution >= 4 is 35.5 Å². The van der Waals surface area contributed by atoms with Gasteiger partial charge in [0.05, 0.1) is 6.04 Å². The van der Waals surface area contributed by atoms with Crippen molar-refractivity contribution in [3.63, 3.8) is 0 Å². The van der Waals surface area contributed by atoms with E-state index in [1.165, 1.54) is 43.3 Å². The standard InChI is InChI=1S/C34H36N2O14/c1-16(37)21-10-18(11-22(35-21)32(44)45)8-9-36-23-14-26(25(39)13-19(23)12-24(36)33(46)47)49-34-31(43)30(42)29(41)27(50-34)15-48-28(40)7-4-17-2-5-20(38)6-3-17/h2-8,11,13-14,21,24,27,29-31,34-35,38-39,41-43H,9-10,12,15H2,1H3,(H,44,45)(H,46,47)/p+1. The van der Waals surface area contributed by atoms with E-state index >= 15 is 0 Å². The number of ketones is 1. The molecule has 9 N–H and O–H groups in total. The molecule has 266 valence electrons. The van der Waals surface area contributed by atoms with Gasteiger partial charge in [-0.05, 0) is 60.9 Å². The van der Waals surface area contributed by atoms with E-state index in [0.717, 1.165) is 6.08 Å². The summed E-state index contributed by atoms with van der Waals surface area (Å²) in [7, 11) is 0. The Labute approximate surface area is 284 Å². The molecule has 2 aromatic rings. The normalized spacial score (nSPS) is 28.4. The molecular formula is C34H37N2O14+. The molecule has 0 amide bonds. The van der Waals surface area contributed by atoms with Crippen LogP contribution in [-0.4, -0.2) is 115 Å². The first-order valence-corrected chi connectivity index (χ1v) is 15.6. The van der Waals surface area contributed by atoms with E-state index in [4.69, 9.17) is 14.2 Å². The van der Waals surface area contributed by atoms with Crippen LogP contribution in [0, 0.1) is 0 Å². The smallest absolute Gasteiger partial charge is 0.363 e. The van der Waals surface area contributed by atoms with Crippen LogP contribution in [0.25, 0.3) is 6.08 Å². The fourth-order valence-electron chi connectivity index (χ4n) is 5.94. The molecule has 3 heterocycles. The van der Waals surface area contributed by atoms with E-state index in [1.54, 1.807) is 18.2 Å². The highest BCUT2D eigenvalue weighted by atomic mass is 16.7. The average molecular weight is 698 g/mol. The second-order valence-corrected chi connectivity index (χ2v) is 12.1.